The number of pyridine rings is 1. The Hall–Kier alpha value is -1.39. The molecule has 2 rings (SSSR count). The minimum atomic E-state index is -4.29. The van der Waals surface area contributed by atoms with E-state index in [1.54, 1.807) is 0 Å². The minimum absolute atomic E-state index is 0.0193. The fourth-order valence-electron chi connectivity index (χ4n) is 2.12. The minimum Gasteiger partial charge on any atom is -0.396 e. The first-order valence-electron chi connectivity index (χ1n) is 6.20. The van der Waals surface area contributed by atoms with E-state index in [4.69, 9.17) is 5.73 Å². The number of sulfonamides is 1. The van der Waals surface area contributed by atoms with Crippen molar-refractivity contribution in [3.05, 3.63) is 18.3 Å². The normalized spacial score (nSPS) is 18.8. The topological polar surface area (TPSA) is 79.5 Å². The van der Waals surface area contributed by atoms with Crippen LogP contribution in [0.3, 0.4) is 0 Å². The first-order valence-corrected chi connectivity index (χ1v) is 7.64. The number of anilines is 1. The standard InChI is InChI=1S/C11H15F3N4O2S/c12-11(13,14)8-17-4-6-18(7-5-17)21(19,20)10-9(15)2-1-3-16-10/h1-3H,4-8,15H2. The maximum atomic E-state index is 12.3. The maximum Gasteiger partial charge on any atom is 0.401 e. The van der Waals surface area contributed by atoms with Gasteiger partial charge in [0.1, 0.15) is 0 Å². The average molecular weight is 324 g/mol. The predicted molar refractivity (Wildman–Crippen MR) is 69.9 cm³/mol. The predicted octanol–water partition coefficient (Wildman–Crippen LogP) is 0.532. The number of nitrogen functional groups attached to an aromatic ring is 1. The molecule has 2 N–H and O–H groups in total. The van der Waals surface area contributed by atoms with Gasteiger partial charge in [0, 0.05) is 32.4 Å². The quantitative estimate of drug-likeness (QED) is 0.877. The summed E-state index contributed by atoms with van der Waals surface area (Å²) >= 11 is 0. The Labute approximate surface area is 120 Å². The number of aromatic nitrogens is 1. The number of halogens is 3. The van der Waals surface area contributed by atoms with Crippen LogP contribution in [-0.2, 0) is 10.0 Å². The van der Waals surface area contributed by atoms with Gasteiger partial charge in [-0.1, -0.05) is 0 Å². The smallest absolute Gasteiger partial charge is 0.396 e. The molecule has 0 spiro atoms. The zero-order valence-corrected chi connectivity index (χ0v) is 11.9. The van der Waals surface area contributed by atoms with E-state index in [2.05, 4.69) is 4.98 Å². The van der Waals surface area contributed by atoms with Crippen LogP contribution in [0, 0.1) is 0 Å². The van der Waals surface area contributed by atoms with Gasteiger partial charge in [-0.3, -0.25) is 4.90 Å². The van der Waals surface area contributed by atoms with Gasteiger partial charge in [0.15, 0.2) is 5.03 Å². The molecule has 1 aliphatic rings. The molecule has 0 atom stereocenters. The number of nitrogens with zero attached hydrogens (tertiary/aromatic N) is 3. The fraction of sp³-hybridized carbons (Fsp3) is 0.545. The summed E-state index contributed by atoms with van der Waals surface area (Å²) in [7, 11) is -3.87. The molecular weight excluding hydrogens is 309 g/mol. The number of hydrogen-bond donors (Lipinski definition) is 1. The van der Waals surface area contributed by atoms with Gasteiger partial charge in [-0.2, -0.15) is 17.5 Å². The van der Waals surface area contributed by atoms with Crippen molar-refractivity contribution in [1.82, 2.24) is 14.2 Å². The Morgan fingerprint density at radius 1 is 1.24 bits per heavy atom. The molecule has 0 unspecified atom stereocenters. The summed E-state index contributed by atoms with van der Waals surface area (Å²) in [6.07, 6.45) is -2.98. The summed E-state index contributed by atoms with van der Waals surface area (Å²) in [6.45, 7) is -1.04. The molecular formula is C11H15F3N4O2S. The second kappa shape index (κ2) is 5.78. The van der Waals surface area contributed by atoms with Crippen molar-refractivity contribution in [2.24, 2.45) is 0 Å². The van der Waals surface area contributed by atoms with Crippen molar-refractivity contribution >= 4 is 15.7 Å². The van der Waals surface area contributed by atoms with Crippen LogP contribution in [0.25, 0.3) is 0 Å². The number of hydrogen-bond acceptors (Lipinski definition) is 5. The molecule has 0 saturated carbocycles. The Morgan fingerprint density at radius 2 is 1.86 bits per heavy atom. The van der Waals surface area contributed by atoms with Gasteiger partial charge < -0.3 is 5.73 Å². The lowest BCUT2D eigenvalue weighted by Gasteiger charge is -2.34. The van der Waals surface area contributed by atoms with Gasteiger partial charge in [-0.25, -0.2) is 13.4 Å². The van der Waals surface area contributed by atoms with Crippen LogP contribution in [0.4, 0.5) is 18.9 Å². The summed E-state index contributed by atoms with van der Waals surface area (Å²) in [5.74, 6) is 0. The lowest BCUT2D eigenvalue weighted by molar-refractivity contribution is -0.148. The highest BCUT2D eigenvalue weighted by molar-refractivity contribution is 7.89. The maximum absolute atomic E-state index is 12.3. The zero-order chi connectivity index (χ0) is 15.7. The van der Waals surface area contributed by atoms with Crippen molar-refractivity contribution in [3.8, 4) is 0 Å². The van der Waals surface area contributed by atoms with E-state index in [1.165, 1.54) is 23.2 Å². The van der Waals surface area contributed by atoms with Crippen molar-refractivity contribution < 1.29 is 21.6 Å². The van der Waals surface area contributed by atoms with Gasteiger partial charge in [0.2, 0.25) is 0 Å². The van der Waals surface area contributed by atoms with E-state index in [9.17, 15) is 21.6 Å². The number of nitrogens with two attached hydrogens (primary N) is 1. The largest absolute Gasteiger partial charge is 0.401 e. The number of piperazine rings is 1. The van der Waals surface area contributed by atoms with Gasteiger partial charge in [0.05, 0.1) is 12.2 Å². The van der Waals surface area contributed by atoms with Crippen LogP contribution < -0.4 is 5.73 Å². The highest BCUT2D eigenvalue weighted by Crippen LogP contribution is 2.22. The third-order valence-electron chi connectivity index (χ3n) is 3.12. The van der Waals surface area contributed by atoms with Crippen molar-refractivity contribution in [2.45, 2.75) is 11.2 Å². The molecule has 1 fully saturated rings. The molecule has 6 nitrogen and oxygen atoms in total. The van der Waals surface area contributed by atoms with Gasteiger partial charge in [-0.05, 0) is 12.1 Å². The van der Waals surface area contributed by atoms with Gasteiger partial charge in [-0.15, -0.1) is 0 Å². The average Bonchev–Trinajstić information content (AvgIpc) is 2.37. The van der Waals surface area contributed by atoms with Crippen LogP contribution in [0.5, 0.6) is 0 Å². The summed E-state index contributed by atoms with van der Waals surface area (Å²) in [4.78, 5) is 4.93. The monoisotopic (exact) mass is 324 g/mol. The Kier molecular flexibility index (Phi) is 4.40. The molecule has 0 aliphatic carbocycles. The van der Waals surface area contributed by atoms with Gasteiger partial charge in [0.25, 0.3) is 10.0 Å². The van der Waals surface area contributed by atoms with Crippen LogP contribution in [-0.4, -0.2) is 61.5 Å². The zero-order valence-electron chi connectivity index (χ0n) is 11.0. The van der Waals surface area contributed by atoms with E-state index >= 15 is 0 Å². The Bertz CT molecular complexity index is 598. The highest BCUT2D eigenvalue weighted by atomic mass is 32.2. The molecule has 118 valence electrons. The summed E-state index contributed by atoms with van der Waals surface area (Å²) < 4.78 is 62.7. The van der Waals surface area contributed by atoms with E-state index in [0.717, 1.165) is 4.31 Å². The molecule has 1 aliphatic heterocycles. The third kappa shape index (κ3) is 3.83. The Balaban J connectivity index is 2.07. The lowest BCUT2D eigenvalue weighted by atomic mass is 10.3. The molecule has 21 heavy (non-hydrogen) atoms. The van der Waals surface area contributed by atoms with E-state index in [1.807, 2.05) is 0 Å². The molecule has 1 saturated heterocycles. The molecule has 1 aromatic heterocycles. The molecule has 0 radical (unpaired) electrons. The summed E-state index contributed by atoms with van der Waals surface area (Å²) in [6, 6.07) is 2.93. The first kappa shape index (κ1) is 16.0. The highest BCUT2D eigenvalue weighted by Gasteiger charge is 2.35. The second-order valence-electron chi connectivity index (χ2n) is 4.69. The molecule has 2 heterocycles. The SMILES string of the molecule is Nc1cccnc1S(=O)(=O)N1CCN(CC(F)(F)F)CC1. The fourth-order valence-corrected chi connectivity index (χ4v) is 3.57. The number of rotatable bonds is 3. The molecule has 0 amide bonds. The summed E-state index contributed by atoms with van der Waals surface area (Å²) in [5, 5.41) is -0.255. The van der Waals surface area contributed by atoms with Crippen molar-refractivity contribution in [2.75, 3.05) is 38.5 Å². The van der Waals surface area contributed by atoms with E-state index < -0.39 is 22.7 Å². The van der Waals surface area contributed by atoms with Crippen molar-refractivity contribution in [1.29, 1.82) is 0 Å². The van der Waals surface area contributed by atoms with Crippen molar-refractivity contribution in [3.63, 3.8) is 0 Å². The Morgan fingerprint density at radius 3 is 2.38 bits per heavy atom. The van der Waals surface area contributed by atoms with Crippen LogP contribution in [0.1, 0.15) is 0 Å². The van der Waals surface area contributed by atoms with Crippen LogP contribution in [0.15, 0.2) is 23.4 Å². The van der Waals surface area contributed by atoms with Crippen LogP contribution in [0.2, 0.25) is 0 Å². The molecule has 1 aromatic rings. The summed E-state index contributed by atoms with van der Waals surface area (Å²) in [5.41, 5.74) is 5.62. The second-order valence-corrected chi connectivity index (χ2v) is 6.55. The molecule has 0 bridgehead atoms. The van der Waals surface area contributed by atoms with Gasteiger partial charge >= 0.3 is 6.18 Å². The number of alkyl halides is 3. The van der Waals surface area contributed by atoms with E-state index in [0.29, 0.717) is 0 Å². The van der Waals surface area contributed by atoms with Crippen LogP contribution >= 0.6 is 0 Å². The first-order chi connectivity index (χ1) is 9.70. The molecule has 10 heteroatoms. The molecule has 0 aromatic carbocycles. The lowest BCUT2D eigenvalue weighted by Crippen LogP contribution is -2.51. The van der Waals surface area contributed by atoms with E-state index in [-0.39, 0.29) is 36.9 Å². The third-order valence-corrected chi connectivity index (χ3v) is 4.99.